The number of hydrogen-bond acceptors (Lipinski definition) is 4. The van der Waals surface area contributed by atoms with Crippen molar-refractivity contribution >= 4 is 0 Å². The van der Waals surface area contributed by atoms with Gasteiger partial charge in [0.2, 0.25) is 0 Å². The van der Waals surface area contributed by atoms with Gasteiger partial charge in [-0.2, -0.15) is 5.10 Å². The number of aliphatic hydroxyl groups is 1. The van der Waals surface area contributed by atoms with E-state index in [2.05, 4.69) is 15.1 Å². The van der Waals surface area contributed by atoms with Crippen LogP contribution in [-0.4, -0.2) is 39.4 Å². The van der Waals surface area contributed by atoms with Crippen LogP contribution in [0.25, 0.3) is 11.5 Å². The van der Waals surface area contributed by atoms with Crippen LogP contribution in [0.2, 0.25) is 0 Å². The number of aromatic amines is 1. The van der Waals surface area contributed by atoms with Crippen LogP contribution in [0.5, 0.6) is 0 Å². The highest BCUT2D eigenvalue weighted by atomic mass is 16.3. The zero-order valence-electron chi connectivity index (χ0n) is 11.1. The summed E-state index contributed by atoms with van der Waals surface area (Å²) < 4.78 is 5.65. The molecule has 1 aliphatic heterocycles. The molecular weight excluding hydrogens is 242 g/mol. The summed E-state index contributed by atoms with van der Waals surface area (Å²) >= 11 is 0. The number of rotatable bonds is 3. The van der Waals surface area contributed by atoms with Crippen LogP contribution in [0.15, 0.2) is 22.7 Å². The number of aromatic nitrogens is 2. The van der Waals surface area contributed by atoms with E-state index < -0.39 is 0 Å². The number of H-pyrrole nitrogens is 1. The van der Waals surface area contributed by atoms with Gasteiger partial charge in [0.05, 0.1) is 12.3 Å². The first kappa shape index (κ1) is 12.4. The largest absolute Gasteiger partial charge is 0.460 e. The van der Waals surface area contributed by atoms with Gasteiger partial charge in [-0.05, 0) is 31.9 Å². The van der Waals surface area contributed by atoms with Crippen LogP contribution >= 0.6 is 0 Å². The Kier molecular flexibility index (Phi) is 3.40. The molecule has 3 rings (SSSR count). The summed E-state index contributed by atoms with van der Waals surface area (Å²) in [7, 11) is 0. The van der Waals surface area contributed by atoms with Gasteiger partial charge < -0.3 is 9.52 Å². The molecule has 2 aromatic heterocycles. The predicted octanol–water partition coefficient (Wildman–Crippen LogP) is 1.93. The Morgan fingerprint density at radius 3 is 2.89 bits per heavy atom. The summed E-state index contributed by atoms with van der Waals surface area (Å²) in [4.78, 5) is 2.34. The van der Waals surface area contributed by atoms with Crippen molar-refractivity contribution in [3.63, 3.8) is 0 Å². The quantitative estimate of drug-likeness (QED) is 0.886. The summed E-state index contributed by atoms with van der Waals surface area (Å²) in [5, 5.41) is 16.7. The Balaban J connectivity index is 1.74. The third-order valence-corrected chi connectivity index (χ3v) is 3.66. The van der Waals surface area contributed by atoms with Gasteiger partial charge in [-0.3, -0.25) is 10.00 Å². The maximum absolute atomic E-state index is 9.53. The molecule has 0 saturated carbocycles. The zero-order valence-corrected chi connectivity index (χ0v) is 11.1. The molecule has 0 bridgehead atoms. The molecule has 2 N–H and O–H groups in total. The molecule has 3 heterocycles. The van der Waals surface area contributed by atoms with Gasteiger partial charge in [0.15, 0.2) is 5.76 Å². The number of aryl methyl sites for hydroxylation is 1. The SMILES string of the molecule is Cc1ccc(-c2[nH]ncc2CN2CCC(O)CC2)o1. The van der Waals surface area contributed by atoms with Gasteiger partial charge in [-0.25, -0.2) is 0 Å². The van der Waals surface area contributed by atoms with E-state index in [1.54, 1.807) is 0 Å². The smallest absolute Gasteiger partial charge is 0.152 e. The summed E-state index contributed by atoms with van der Waals surface area (Å²) in [6.45, 7) is 4.65. The molecule has 1 aliphatic rings. The van der Waals surface area contributed by atoms with E-state index in [-0.39, 0.29) is 6.10 Å². The number of nitrogens with zero attached hydrogens (tertiary/aromatic N) is 2. The van der Waals surface area contributed by atoms with E-state index >= 15 is 0 Å². The third-order valence-electron chi connectivity index (χ3n) is 3.66. The molecule has 2 aromatic rings. The first-order valence-corrected chi connectivity index (χ1v) is 6.72. The lowest BCUT2D eigenvalue weighted by Crippen LogP contribution is -2.35. The Bertz CT molecular complexity index is 538. The number of piperidine rings is 1. The van der Waals surface area contributed by atoms with Crippen molar-refractivity contribution in [1.82, 2.24) is 15.1 Å². The normalized spacial score (nSPS) is 18.0. The first-order chi connectivity index (χ1) is 9.22. The first-order valence-electron chi connectivity index (χ1n) is 6.72. The highest BCUT2D eigenvalue weighted by Gasteiger charge is 2.19. The third kappa shape index (κ3) is 2.72. The Hall–Kier alpha value is -1.59. The summed E-state index contributed by atoms with van der Waals surface area (Å²) in [5.41, 5.74) is 2.10. The lowest BCUT2D eigenvalue weighted by atomic mass is 10.1. The highest BCUT2D eigenvalue weighted by Crippen LogP contribution is 2.25. The number of furan rings is 1. The van der Waals surface area contributed by atoms with E-state index in [0.29, 0.717) is 0 Å². The van der Waals surface area contributed by atoms with Crippen LogP contribution in [0.4, 0.5) is 0 Å². The Morgan fingerprint density at radius 2 is 2.21 bits per heavy atom. The van der Waals surface area contributed by atoms with E-state index in [0.717, 1.165) is 55.3 Å². The molecule has 0 spiro atoms. The van der Waals surface area contributed by atoms with Crippen molar-refractivity contribution in [3.8, 4) is 11.5 Å². The number of likely N-dealkylation sites (tertiary alicyclic amines) is 1. The van der Waals surface area contributed by atoms with Crippen molar-refractivity contribution < 1.29 is 9.52 Å². The predicted molar refractivity (Wildman–Crippen MR) is 71.5 cm³/mol. The second-order valence-electron chi connectivity index (χ2n) is 5.19. The van der Waals surface area contributed by atoms with Crippen LogP contribution < -0.4 is 0 Å². The minimum atomic E-state index is -0.132. The zero-order chi connectivity index (χ0) is 13.2. The van der Waals surface area contributed by atoms with Crippen LogP contribution in [0.3, 0.4) is 0 Å². The highest BCUT2D eigenvalue weighted by molar-refractivity contribution is 5.56. The van der Waals surface area contributed by atoms with Gasteiger partial charge in [-0.15, -0.1) is 0 Å². The molecule has 0 atom stereocenters. The summed E-state index contributed by atoms with van der Waals surface area (Å²) in [6, 6.07) is 3.92. The molecule has 0 aliphatic carbocycles. The Labute approximate surface area is 112 Å². The van der Waals surface area contributed by atoms with Gasteiger partial charge >= 0.3 is 0 Å². The van der Waals surface area contributed by atoms with E-state index in [1.165, 1.54) is 0 Å². The molecule has 1 fully saturated rings. The molecule has 102 valence electrons. The maximum Gasteiger partial charge on any atom is 0.152 e. The lowest BCUT2D eigenvalue weighted by molar-refractivity contribution is 0.0793. The lowest BCUT2D eigenvalue weighted by Gasteiger charge is -2.29. The van der Waals surface area contributed by atoms with Crippen LogP contribution in [0.1, 0.15) is 24.2 Å². The second-order valence-corrected chi connectivity index (χ2v) is 5.19. The summed E-state index contributed by atoms with van der Waals surface area (Å²) in [5.74, 6) is 1.73. The number of nitrogens with one attached hydrogen (secondary N) is 1. The van der Waals surface area contributed by atoms with Gasteiger partial charge in [0, 0.05) is 25.2 Å². The molecule has 1 saturated heterocycles. The molecule has 0 unspecified atom stereocenters. The van der Waals surface area contributed by atoms with E-state index in [4.69, 9.17) is 4.42 Å². The van der Waals surface area contributed by atoms with Gasteiger partial charge in [0.25, 0.3) is 0 Å². The molecular formula is C14H19N3O2. The minimum absolute atomic E-state index is 0.132. The standard InChI is InChI=1S/C14H19N3O2/c1-10-2-3-13(19-10)14-11(8-15-16-14)9-17-6-4-12(18)5-7-17/h2-3,8,12,18H,4-7,9H2,1H3,(H,15,16). The maximum atomic E-state index is 9.53. The fraction of sp³-hybridized carbons (Fsp3) is 0.500. The molecule has 19 heavy (non-hydrogen) atoms. The van der Waals surface area contributed by atoms with Crippen molar-refractivity contribution in [2.24, 2.45) is 0 Å². The van der Waals surface area contributed by atoms with Crippen LogP contribution in [-0.2, 0) is 6.54 Å². The van der Waals surface area contributed by atoms with Gasteiger partial charge in [-0.1, -0.05) is 0 Å². The van der Waals surface area contributed by atoms with E-state index in [1.807, 2.05) is 25.3 Å². The average molecular weight is 261 g/mol. The fourth-order valence-corrected chi connectivity index (χ4v) is 2.53. The van der Waals surface area contributed by atoms with Crippen molar-refractivity contribution in [1.29, 1.82) is 0 Å². The van der Waals surface area contributed by atoms with Gasteiger partial charge in [0.1, 0.15) is 11.5 Å². The molecule has 0 amide bonds. The topological polar surface area (TPSA) is 65.3 Å². The van der Waals surface area contributed by atoms with Crippen molar-refractivity contribution in [2.45, 2.75) is 32.4 Å². The number of aliphatic hydroxyl groups excluding tert-OH is 1. The van der Waals surface area contributed by atoms with Crippen LogP contribution in [0, 0.1) is 6.92 Å². The molecule has 0 aromatic carbocycles. The molecule has 5 nitrogen and oxygen atoms in total. The average Bonchev–Trinajstić information content (AvgIpc) is 3.01. The summed E-state index contributed by atoms with van der Waals surface area (Å²) in [6.07, 6.45) is 3.44. The molecule has 0 radical (unpaired) electrons. The van der Waals surface area contributed by atoms with Crippen molar-refractivity contribution in [2.75, 3.05) is 13.1 Å². The minimum Gasteiger partial charge on any atom is -0.460 e. The Morgan fingerprint density at radius 1 is 1.42 bits per heavy atom. The van der Waals surface area contributed by atoms with Crippen molar-refractivity contribution in [3.05, 3.63) is 29.7 Å². The second kappa shape index (κ2) is 5.19. The van der Waals surface area contributed by atoms with E-state index in [9.17, 15) is 5.11 Å². The monoisotopic (exact) mass is 261 g/mol. The molecule has 5 heteroatoms. The number of hydrogen-bond donors (Lipinski definition) is 2. The fourth-order valence-electron chi connectivity index (χ4n) is 2.53.